The van der Waals surface area contributed by atoms with Gasteiger partial charge in [0, 0.05) is 31.7 Å². The molecule has 0 radical (unpaired) electrons. The number of rotatable bonds is 4. The van der Waals surface area contributed by atoms with Crippen LogP contribution < -0.4 is 5.73 Å². The molecule has 1 aliphatic rings. The quantitative estimate of drug-likeness (QED) is 0.924. The van der Waals surface area contributed by atoms with Gasteiger partial charge in [-0.05, 0) is 57.5 Å². The molecular weight excluding hydrogens is 258 g/mol. The van der Waals surface area contributed by atoms with Crippen molar-refractivity contribution in [1.82, 2.24) is 9.80 Å². The van der Waals surface area contributed by atoms with E-state index in [9.17, 15) is 0 Å². The van der Waals surface area contributed by atoms with Gasteiger partial charge in [-0.25, -0.2) is 0 Å². The van der Waals surface area contributed by atoms with E-state index in [0.717, 1.165) is 19.6 Å². The molecule has 1 saturated heterocycles. The average molecular weight is 289 g/mol. The molecule has 1 heterocycles. The number of likely N-dealkylation sites (N-methyl/N-ethyl adjacent to an activating group) is 1. The molecule has 1 fully saturated rings. The SMILES string of the molecule is Cc1cc(C)c(C(N)CN2CC(C)C(N(C)C)C2)c(C)c1. The fourth-order valence-electron chi connectivity index (χ4n) is 4.01. The molecule has 0 amide bonds. The molecule has 2 rings (SSSR count). The van der Waals surface area contributed by atoms with E-state index < -0.39 is 0 Å². The Hall–Kier alpha value is -0.900. The first-order valence-corrected chi connectivity index (χ1v) is 8.01. The van der Waals surface area contributed by atoms with Crippen molar-refractivity contribution in [3.63, 3.8) is 0 Å². The largest absolute Gasteiger partial charge is 0.323 e. The number of likely N-dealkylation sites (tertiary alicyclic amines) is 1. The van der Waals surface area contributed by atoms with Crippen molar-refractivity contribution in [3.8, 4) is 0 Å². The summed E-state index contributed by atoms with van der Waals surface area (Å²) in [5, 5.41) is 0. The van der Waals surface area contributed by atoms with Gasteiger partial charge in [0.1, 0.15) is 0 Å². The number of benzene rings is 1. The minimum absolute atomic E-state index is 0.110. The van der Waals surface area contributed by atoms with Gasteiger partial charge >= 0.3 is 0 Å². The van der Waals surface area contributed by atoms with Gasteiger partial charge in [-0.15, -0.1) is 0 Å². The topological polar surface area (TPSA) is 32.5 Å². The number of hydrogen-bond acceptors (Lipinski definition) is 3. The van der Waals surface area contributed by atoms with Crippen molar-refractivity contribution in [2.45, 2.75) is 39.8 Å². The highest BCUT2D eigenvalue weighted by Gasteiger charge is 2.31. The summed E-state index contributed by atoms with van der Waals surface area (Å²) in [5.41, 5.74) is 11.9. The Bertz CT molecular complexity index is 472. The van der Waals surface area contributed by atoms with Gasteiger partial charge in [-0.2, -0.15) is 0 Å². The van der Waals surface area contributed by atoms with E-state index in [4.69, 9.17) is 5.73 Å². The minimum atomic E-state index is 0.110. The molecule has 3 nitrogen and oxygen atoms in total. The maximum atomic E-state index is 6.54. The summed E-state index contributed by atoms with van der Waals surface area (Å²) >= 11 is 0. The molecule has 2 N–H and O–H groups in total. The van der Waals surface area contributed by atoms with Gasteiger partial charge in [0.05, 0.1) is 0 Å². The Morgan fingerprint density at radius 1 is 1.19 bits per heavy atom. The normalized spacial score (nSPS) is 24.8. The first-order chi connectivity index (χ1) is 9.79. The Morgan fingerprint density at radius 3 is 2.24 bits per heavy atom. The Kier molecular flexibility index (Phi) is 5.07. The summed E-state index contributed by atoms with van der Waals surface area (Å²) in [6.07, 6.45) is 0. The van der Waals surface area contributed by atoms with Crippen LogP contribution in [0.15, 0.2) is 12.1 Å². The van der Waals surface area contributed by atoms with Crippen LogP contribution in [0, 0.1) is 26.7 Å². The average Bonchev–Trinajstić information content (AvgIpc) is 2.68. The van der Waals surface area contributed by atoms with E-state index in [-0.39, 0.29) is 6.04 Å². The molecule has 3 heteroatoms. The van der Waals surface area contributed by atoms with Crippen LogP contribution in [0.5, 0.6) is 0 Å². The van der Waals surface area contributed by atoms with Crippen molar-refractivity contribution < 1.29 is 0 Å². The third kappa shape index (κ3) is 3.65. The van der Waals surface area contributed by atoms with Crippen molar-refractivity contribution in [2.24, 2.45) is 11.7 Å². The Labute approximate surface area is 130 Å². The number of nitrogens with two attached hydrogens (primary N) is 1. The molecule has 1 aromatic carbocycles. The molecule has 0 aromatic heterocycles. The van der Waals surface area contributed by atoms with Gasteiger partial charge in [0.2, 0.25) is 0 Å². The van der Waals surface area contributed by atoms with Crippen LogP contribution in [0.1, 0.15) is 35.2 Å². The molecule has 0 spiro atoms. The van der Waals surface area contributed by atoms with E-state index in [1.807, 2.05) is 0 Å². The highest BCUT2D eigenvalue weighted by atomic mass is 15.2. The predicted molar refractivity (Wildman–Crippen MR) is 90.7 cm³/mol. The lowest BCUT2D eigenvalue weighted by atomic mass is 9.94. The number of nitrogens with zero attached hydrogens (tertiary/aromatic N) is 2. The number of aryl methyl sites for hydroxylation is 3. The lowest BCUT2D eigenvalue weighted by Crippen LogP contribution is -2.36. The molecule has 0 bridgehead atoms. The van der Waals surface area contributed by atoms with Crippen molar-refractivity contribution in [3.05, 3.63) is 34.4 Å². The molecule has 0 aliphatic carbocycles. The molecule has 3 unspecified atom stereocenters. The predicted octanol–water partition coefficient (Wildman–Crippen LogP) is 2.49. The summed E-state index contributed by atoms with van der Waals surface area (Å²) in [4.78, 5) is 4.87. The first-order valence-electron chi connectivity index (χ1n) is 8.01. The lowest BCUT2D eigenvalue weighted by molar-refractivity contribution is 0.248. The van der Waals surface area contributed by atoms with E-state index in [0.29, 0.717) is 12.0 Å². The second-order valence-electron chi connectivity index (χ2n) is 7.15. The molecule has 3 atom stereocenters. The van der Waals surface area contributed by atoms with Crippen molar-refractivity contribution in [2.75, 3.05) is 33.7 Å². The number of hydrogen-bond donors (Lipinski definition) is 1. The minimum Gasteiger partial charge on any atom is -0.323 e. The standard InChI is InChI=1S/C18H31N3/c1-12-7-13(2)18(14(3)8-12)16(19)10-21-9-15(4)17(11-21)20(5)6/h7-8,15-17H,9-11,19H2,1-6H3. The van der Waals surface area contributed by atoms with Gasteiger partial charge in [0.25, 0.3) is 0 Å². The van der Waals surface area contributed by atoms with Crippen LogP contribution in [0.3, 0.4) is 0 Å². The van der Waals surface area contributed by atoms with E-state index in [1.165, 1.54) is 22.3 Å². The summed E-state index contributed by atoms with van der Waals surface area (Å²) in [6, 6.07) is 5.26. The highest BCUT2D eigenvalue weighted by molar-refractivity contribution is 5.39. The smallest absolute Gasteiger partial charge is 0.0429 e. The van der Waals surface area contributed by atoms with Gasteiger partial charge in [-0.1, -0.05) is 24.6 Å². The second-order valence-corrected chi connectivity index (χ2v) is 7.15. The van der Waals surface area contributed by atoms with Gasteiger partial charge in [-0.3, -0.25) is 4.90 Å². The Morgan fingerprint density at radius 2 is 1.76 bits per heavy atom. The fraction of sp³-hybridized carbons (Fsp3) is 0.667. The monoisotopic (exact) mass is 289 g/mol. The third-order valence-corrected chi connectivity index (χ3v) is 4.88. The van der Waals surface area contributed by atoms with Crippen LogP contribution in [0.4, 0.5) is 0 Å². The van der Waals surface area contributed by atoms with Crippen molar-refractivity contribution in [1.29, 1.82) is 0 Å². The summed E-state index contributed by atoms with van der Waals surface area (Å²) in [7, 11) is 4.36. The van der Waals surface area contributed by atoms with Crippen LogP contribution >= 0.6 is 0 Å². The molecule has 0 saturated carbocycles. The van der Waals surface area contributed by atoms with Gasteiger partial charge < -0.3 is 10.6 Å². The molecule has 21 heavy (non-hydrogen) atoms. The molecule has 1 aromatic rings. The summed E-state index contributed by atoms with van der Waals surface area (Å²) in [5.74, 6) is 0.715. The van der Waals surface area contributed by atoms with Crippen LogP contribution in [0.25, 0.3) is 0 Å². The van der Waals surface area contributed by atoms with Crippen molar-refractivity contribution >= 4 is 0 Å². The van der Waals surface area contributed by atoms with Crippen LogP contribution in [0.2, 0.25) is 0 Å². The molecule has 1 aliphatic heterocycles. The van der Waals surface area contributed by atoms with Gasteiger partial charge in [0.15, 0.2) is 0 Å². The zero-order valence-corrected chi connectivity index (χ0v) is 14.5. The van der Waals surface area contributed by atoms with E-state index >= 15 is 0 Å². The Balaban J connectivity index is 2.08. The van der Waals surface area contributed by atoms with E-state index in [2.05, 4.69) is 63.7 Å². The van der Waals surface area contributed by atoms with Crippen LogP contribution in [-0.2, 0) is 0 Å². The second kappa shape index (κ2) is 6.47. The maximum Gasteiger partial charge on any atom is 0.0429 e. The third-order valence-electron chi connectivity index (χ3n) is 4.88. The summed E-state index contributed by atoms with van der Waals surface area (Å²) < 4.78 is 0. The lowest BCUT2D eigenvalue weighted by Gasteiger charge is -2.25. The zero-order valence-electron chi connectivity index (χ0n) is 14.5. The first kappa shape index (κ1) is 16.5. The van der Waals surface area contributed by atoms with Crippen LogP contribution in [-0.4, -0.2) is 49.6 Å². The highest BCUT2D eigenvalue weighted by Crippen LogP contribution is 2.26. The zero-order chi connectivity index (χ0) is 15.7. The molecule has 118 valence electrons. The summed E-state index contributed by atoms with van der Waals surface area (Å²) in [6.45, 7) is 12.1. The van der Waals surface area contributed by atoms with E-state index in [1.54, 1.807) is 0 Å². The fourth-order valence-corrected chi connectivity index (χ4v) is 4.01. The molecular formula is C18H31N3. The maximum absolute atomic E-state index is 6.54.